The predicted molar refractivity (Wildman–Crippen MR) is 206 cm³/mol. The van der Waals surface area contributed by atoms with E-state index in [0.717, 1.165) is 78.1 Å². The molecule has 2 aromatic heterocycles. The Bertz CT molecular complexity index is 2450. The van der Waals surface area contributed by atoms with E-state index in [2.05, 4.69) is 214 Å². The predicted octanol–water partition coefficient (Wildman–Crippen LogP) is 10.1. The molecule has 0 aliphatic heterocycles. The van der Waals surface area contributed by atoms with Gasteiger partial charge in [0.2, 0.25) is 0 Å². The number of benzene rings is 6. The molecule has 9 rings (SSSR count). The molecule has 247 valence electrons. The Hall–Kier alpha value is -5.97. The van der Waals surface area contributed by atoms with Crippen LogP contribution in [0.15, 0.2) is 182 Å². The van der Waals surface area contributed by atoms with Crippen molar-refractivity contribution in [2.45, 2.75) is 12.5 Å². The van der Waals surface area contributed by atoms with E-state index in [9.17, 15) is 0 Å². The van der Waals surface area contributed by atoms with Gasteiger partial charge in [-0.1, -0.05) is 0 Å². The summed E-state index contributed by atoms with van der Waals surface area (Å²) in [6.45, 7) is 0. The molecule has 1 aliphatic rings. The monoisotopic (exact) mass is 746 g/mol. The van der Waals surface area contributed by atoms with Crippen molar-refractivity contribution in [2.24, 2.45) is 0 Å². The van der Waals surface area contributed by atoms with Gasteiger partial charge in [-0.05, 0) is 0 Å². The van der Waals surface area contributed by atoms with Crippen molar-refractivity contribution in [3.8, 4) is 34.2 Å². The second-order valence-corrected chi connectivity index (χ2v) is 13.4. The standard InChI is InChI=1S/C45H33N5.Rh/c1-5-17-36(18-6-1)48(37-19-7-2-8-20-37)32-33-29-34(44-46-40-25-13-15-27-42(40)49(44)38-21-9-3-10-22-38)31-35(30-33)45-47-41-26-14-16-28-43(41)50(45)39-23-11-4-12-24-39;/h1-19,21-31,37H,20H2;. The third-order valence-electron chi connectivity index (χ3n) is 9.35. The van der Waals surface area contributed by atoms with Gasteiger partial charge < -0.3 is 0 Å². The molecule has 2 heterocycles. The Balaban J connectivity index is 1.32. The van der Waals surface area contributed by atoms with Crippen molar-refractivity contribution < 1.29 is 17.9 Å². The molecule has 0 spiro atoms. The van der Waals surface area contributed by atoms with Crippen molar-refractivity contribution in [2.75, 3.05) is 4.90 Å². The van der Waals surface area contributed by atoms with E-state index in [4.69, 9.17) is 9.97 Å². The zero-order valence-corrected chi connectivity index (χ0v) is 29.3. The number of fused-ring (bicyclic) bond motifs is 2. The second-order valence-electron chi connectivity index (χ2n) is 12.6. The van der Waals surface area contributed by atoms with Gasteiger partial charge >= 0.3 is 308 Å². The maximum absolute atomic E-state index is 5.29. The van der Waals surface area contributed by atoms with E-state index in [-0.39, 0.29) is 6.04 Å². The van der Waals surface area contributed by atoms with Gasteiger partial charge in [-0.25, -0.2) is 0 Å². The van der Waals surface area contributed by atoms with Gasteiger partial charge in [-0.2, -0.15) is 0 Å². The summed E-state index contributed by atoms with van der Waals surface area (Å²) in [5, 5.41) is 0. The van der Waals surface area contributed by atoms with Crippen molar-refractivity contribution in [3.05, 3.63) is 188 Å². The minimum absolute atomic E-state index is 0.146. The first-order chi connectivity index (χ1) is 25.2. The van der Waals surface area contributed by atoms with Crippen LogP contribution in [0.4, 0.5) is 5.69 Å². The van der Waals surface area contributed by atoms with Gasteiger partial charge in [0.15, 0.2) is 0 Å². The number of hydrogen-bond donors (Lipinski definition) is 0. The van der Waals surface area contributed by atoms with Crippen LogP contribution in [0, 0.1) is 0 Å². The molecule has 1 atom stereocenters. The van der Waals surface area contributed by atoms with Gasteiger partial charge in [-0.15, -0.1) is 0 Å². The molecule has 6 aromatic carbocycles. The zero-order valence-electron chi connectivity index (χ0n) is 27.7. The molecule has 51 heavy (non-hydrogen) atoms. The summed E-state index contributed by atoms with van der Waals surface area (Å²) in [5.74, 6) is 1.74. The second kappa shape index (κ2) is 13.4. The molecule has 8 aromatic rings. The molecular weight excluding hydrogens is 713 g/mol. The van der Waals surface area contributed by atoms with Gasteiger partial charge in [0.25, 0.3) is 0 Å². The van der Waals surface area contributed by atoms with Gasteiger partial charge in [-0.3, -0.25) is 0 Å². The number of imidazole rings is 2. The summed E-state index contributed by atoms with van der Waals surface area (Å²) >= 11 is 3.37. The molecule has 0 saturated heterocycles. The van der Waals surface area contributed by atoms with Crippen molar-refractivity contribution >= 4 is 32.0 Å². The summed E-state index contributed by atoms with van der Waals surface area (Å²) in [4.78, 5) is 13.0. The number of allylic oxidation sites excluding steroid dienone is 2. The molecule has 0 saturated carbocycles. The van der Waals surface area contributed by atoms with Crippen molar-refractivity contribution in [3.63, 3.8) is 0 Å². The zero-order chi connectivity index (χ0) is 34.1. The fourth-order valence-electron chi connectivity index (χ4n) is 7.04. The fraction of sp³-hybridized carbons (Fsp3) is 0.0444. The number of aromatic nitrogens is 4. The SMILES string of the molecule is [Rh]=[C](c1cc(-c2nc3ccccc3n2-c2ccccc2)cc(-c2nc3ccccc3n2-c2ccccc2)c1)N(c1ccccc1)C1C=CC=CC1. The Morgan fingerprint density at radius 2 is 1.06 bits per heavy atom. The normalized spacial score (nSPS) is 13.9. The number of anilines is 1. The Labute approximate surface area is 306 Å². The van der Waals surface area contributed by atoms with E-state index in [0.29, 0.717) is 0 Å². The van der Waals surface area contributed by atoms with Crippen LogP contribution in [-0.4, -0.2) is 29.4 Å². The number of nitrogens with zero attached hydrogens (tertiary/aromatic N) is 5. The molecule has 0 bridgehead atoms. The van der Waals surface area contributed by atoms with Crippen LogP contribution in [0.1, 0.15) is 12.0 Å². The average Bonchev–Trinajstić information content (AvgIpc) is 3.79. The summed E-state index contributed by atoms with van der Waals surface area (Å²) < 4.78 is 5.57. The van der Waals surface area contributed by atoms with Gasteiger partial charge in [0.05, 0.1) is 0 Å². The molecule has 0 radical (unpaired) electrons. The number of rotatable bonds is 8. The molecule has 0 N–H and O–H groups in total. The quantitative estimate of drug-likeness (QED) is 0.145. The fourth-order valence-corrected chi connectivity index (χ4v) is 7.76. The minimum atomic E-state index is 0.146. The van der Waals surface area contributed by atoms with E-state index < -0.39 is 0 Å². The van der Waals surface area contributed by atoms with Crippen LogP contribution >= 0.6 is 0 Å². The van der Waals surface area contributed by atoms with Gasteiger partial charge in [0.1, 0.15) is 0 Å². The summed E-state index contributed by atoms with van der Waals surface area (Å²) in [5.41, 5.74) is 10.3. The van der Waals surface area contributed by atoms with E-state index in [1.54, 1.807) is 0 Å². The summed E-state index contributed by atoms with van der Waals surface area (Å²) in [6, 6.07) is 55.3. The Morgan fingerprint density at radius 1 is 0.569 bits per heavy atom. The molecular formula is C45H33N5Rh. The van der Waals surface area contributed by atoms with Crippen LogP contribution in [0.3, 0.4) is 0 Å². The summed E-state index contributed by atoms with van der Waals surface area (Å²) in [7, 11) is 0. The third kappa shape index (κ3) is 5.78. The maximum atomic E-state index is 5.29. The molecule has 1 aliphatic carbocycles. The molecule has 6 heteroatoms. The molecule has 0 fully saturated rings. The van der Waals surface area contributed by atoms with E-state index in [1.807, 2.05) is 0 Å². The molecule has 1 unspecified atom stereocenters. The van der Waals surface area contributed by atoms with Crippen LogP contribution in [0.5, 0.6) is 0 Å². The third-order valence-corrected chi connectivity index (χ3v) is 10.2. The van der Waals surface area contributed by atoms with Gasteiger partial charge in [0, 0.05) is 0 Å². The van der Waals surface area contributed by atoms with Crippen molar-refractivity contribution in [1.82, 2.24) is 19.1 Å². The van der Waals surface area contributed by atoms with E-state index in [1.165, 1.54) is 0 Å². The van der Waals surface area contributed by atoms with E-state index >= 15 is 0 Å². The van der Waals surface area contributed by atoms with Crippen LogP contribution in [0.2, 0.25) is 0 Å². The number of para-hydroxylation sites is 7. The Morgan fingerprint density at radius 3 is 1.57 bits per heavy atom. The van der Waals surface area contributed by atoms with Crippen LogP contribution in [0.25, 0.3) is 56.2 Å². The van der Waals surface area contributed by atoms with Crippen LogP contribution in [-0.2, 0) is 17.9 Å². The molecule has 0 amide bonds. The first kappa shape index (κ1) is 31.0. The summed E-state index contributed by atoms with van der Waals surface area (Å²) in [6.07, 6.45) is 9.69. The molecule has 5 nitrogen and oxygen atoms in total. The average molecular weight is 747 g/mol. The van der Waals surface area contributed by atoms with Crippen molar-refractivity contribution in [1.29, 1.82) is 0 Å². The number of hydrogen-bond acceptors (Lipinski definition) is 3. The first-order valence-corrected chi connectivity index (χ1v) is 17.9. The first-order valence-electron chi connectivity index (χ1n) is 17.1. The van der Waals surface area contributed by atoms with Crippen LogP contribution < -0.4 is 4.90 Å². The Kier molecular flexibility index (Phi) is 8.15. The topological polar surface area (TPSA) is 38.9 Å².